The Morgan fingerprint density at radius 3 is 2.41 bits per heavy atom. The summed E-state index contributed by atoms with van der Waals surface area (Å²) < 4.78 is 44.6. The Hall–Kier alpha value is -3.88. The summed E-state index contributed by atoms with van der Waals surface area (Å²) in [6.07, 6.45) is 2.97. The zero-order valence-electron chi connectivity index (χ0n) is 16.8. The highest BCUT2D eigenvalue weighted by Crippen LogP contribution is 2.55. The minimum absolute atomic E-state index is 0.0220. The fourth-order valence-electron chi connectivity index (χ4n) is 3.93. The lowest BCUT2D eigenvalue weighted by Gasteiger charge is -2.40. The monoisotopic (exact) mass is 437 g/mol. The van der Waals surface area contributed by atoms with Gasteiger partial charge in [0.1, 0.15) is 5.41 Å². The third-order valence-corrected chi connectivity index (χ3v) is 5.38. The lowest BCUT2D eigenvalue weighted by atomic mass is 9.66. The number of alkyl halides is 3. The summed E-state index contributed by atoms with van der Waals surface area (Å²) in [6.45, 7) is 0. The summed E-state index contributed by atoms with van der Waals surface area (Å²) in [5.41, 5.74) is 4.29. The van der Waals surface area contributed by atoms with Crippen LogP contribution in [-0.2, 0) is 10.2 Å². The van der Waals surface area contributed by atoms with Crippen LogP contribution >= 0.6 is 0 Å². The van der Waals surface area contributed by atoms with Gasteiger partial charge in [0.15, 0.2) is 0 Å². The van der Waals surface area contributed by atoms with Gasteiger partial charge in [-0.1, -0.05) is 23.8 Å². The topological polar surface area (TPSA) is 94.7 Å². The molecular weight excluding hydrogens is 419 g/mol. The van der Waals surface area contributed by atoms with Gasteiger partial charge in [-0.05, 0) is 42.3 Å². The molecule has 9 heteroatoms. The normalized spacial score (nSPS) is 18.6. The van der Waals surface area contributed by atoms with Gasteiger partial charge in [-0.25, -0.2) is 0 Å². The van der Waals surface area contributed by atoms with E-state index in [1.165, 1.54) is 42.9 Å². The van der Waals surface area contributed by atoms with E-state index >= 15 is 0 Å². The van der Waals surface area contributed by atoms with E-state index in [2.05, 4.69) is 20.2 Å². The smallest absolute Gasteiger partial charge is 0.369 e. The molecule has 6 nitrogen and oxygen atoms in total. The Bertz CT molecular complexity index is 1180. The van der Waals surface area contributed by atoms with Crippen molar-refractivity contribution < 1.29 is 18.0 Å². The predicted octanol–water partition coefficient (Wildman–Crippen LogP) is 4.02. The number of nitrogens with two attached hydrogens (primary N) is 1. The molecule has 1 unspecified atom stereocenters. The van der Waals surface area contributed by atoms with Crippen molar-refractivity contribution in [2.24, 2.45) is 5.73 Å². The van der Waals surface area contributed by atoms with Crippen molar-refractivity contribution in [3.8, 4) is 11.3 Å². The molecule has 2 N–H and O–H groups in total. The van der Waals surface area contributed by atoms with Gasteiger partial charge >= 0.3 is 6.18 Å². The molecule has 1 amide bonds. The minimum Gasteiger partial charge on any atom is -0.369 e. The number of aromatic nitrogens is 4. The molecule has 1 atom stereocenters. The van der Waals surface area contributed by atoms with Crippen LogP contribution in [0.15, 0.2) is 78.9 Å². The van der Waals surface area contributed by atoms with Crippen LogP contribution in [0.5, 0.6) is 0 Å². The van der Waals surface area contributed by atoms with Crippen LogP contribution in [0.25, 0.3) is 16.8 Å². The number of primary amides is 1. The van der Waals surface area contributed by atoms with E-state index in [4.69, 9.17) is 5.73 Å². The van der Waals surface area contributed by atoms with Gasteiger partial charge in [0.2, 0.25) is 5.91 Å². The van der Waals surface area contributed by atoms with Gasteiger partial charge in [-0.3, -0.25) is 14.8 Å². The SMILES string of the molecule is NC(=O)CC1=CC=C(c2ccnnc2)C(c2ccc(-c3ccccn3)cn2)(C(F)(F)F)C1. The molecule has 32 heavy (non-hydrogen) atoms. The Kier molecular flexibility index (Phi) is 5.56. The van der Waals surface area contributed by atoms with Crippen molar-refractivity contribution in [1.29, 1.82) is 0 Å². The molecule has 0 bridgehead atoms. The fraction of sp³-hybridized carbons (Fsp3) is 0.174. The van der Waals surface area contributed by atoms with Crippen molar-refractivity contribution in [1.82, 2.24) is 20.2 Å². The zero-order valence-corrected chi connectivity index (χ0v) is 16.8. The van der Waals surface area contributed by atoms with Gasteiger partial charge in [0.05, 0.1) is 23.8 Å². The standard InChI is InChI=1S/C23H18F3N5O/c24-23(25,26)22(20-7-5-17(13-29-20)19-3-1-2-9-28-19)12-15(11-21(27)32)4-6-18(22)16-8-10-30-31-14-16/h1-10,13-14H,11-12H2,(H2,27,32). The van der Waals surface area contributed by atoms with Crippen LogP contribution in [-0.4, -0.2) is 32.2 Å². The molecule has 3 aromatic heterocycles. The number of hydrogen-bond donors (Lipinski definition) is 1. The largest absolute Gasteiger partial charge is 0.404 e. The first-order valence-corrected chi connectivity index (χ1v) is 9.71. The molecule has 0 saturated heterocycles. The van der Waals surface area contributed by atoms with Gasteiger partial charge < -0.3 is 5.73 Å². The number of rotatable bonds is 5. The minimum atomic E-state index is -4.72. The summed E-state index contributed by atoms with van der Waals surface area (Å²) in [7, 11) is 0. The number of nitrogens with zero attached hydrogens (tertiary/aromatic N) is 4. The van der Waals surface area contributed by atoms with Crippen molar-refractivity contribution in [3.63, 3.8) is 0 Å². The Morgan fingerprint density at radius 1 is 0.969 bits per heavy atom. The maximum Gasteiger partial charge on any atom is 0.404 e. The number of allylic oxidation sites excluding steroid dienone is 3. The number of hydrogen-bond acceptors (Lipinski definition) is 5. The van der Waals surface area contributed by atoms with Crippen molar-refractivity contribution >= 4 is 11.5 Å². The number of pyridine rings is 2. The van der Waals surface area contributed by atoms with E-state index in [1.54, 1.807) is 30.5 Å². The van der Waals surface area contributed by atoms with Gasteiger partial charge in [0, 0.05) is 29.9 Å². The zero-order chi connectivity index (χ0) is 22.8. The highest BCUT2D eigenvalue weighted by atomic mass is 19.4. The molecule has 0 radical (unpaired) electrons. The van der Waals surface area contributed by atoms with Crippen LogP contribution < -0.4 is 5.73 Å². The molecular formula is C23H18F3N5O. The molecule has 1 aliphatic rings. The fourth-order valence-corrected chi connectivity index (χ4v) is 3.93. The molecule has 0 saturated carbocycles. The summed E-state index contributed by atoms with van der Waals surface area (Å²) in [6, 6.07) is 9.66. The second-order valence-corrected chi connectivity index (χ2v) is 7.41. The molecule has 0 aromatic carbocycles. The second-order valence-electron chi connectivity index (χ2n) is 7.41. The average molecular weight is 437 g/mol. The number of carbonyl (C=O) groups is 1. The summed E-state index contributed by atoms with van der Waals surface area (Å²) in [5.74, 6) is -0.701. The Morgan fingerprint density at radius 2 is 1.81 bits per heavy atom. The highest BCUT2D eigenvalue weighted by Gasteiger charge is 2.60. The molecule has 3 heterocycles. The van der Waals surface area contributed by atoms with Crippen LogP contribution in [0.4, 0.5) is 13.2 Å². The molecule has 1 aliphatic carbocycles. The molecule has 162 valence electrons. The van der Waals surface area contributed by atoms with Crippen LogP contribution in [0.2, 0.25) is 0 Å². The van der Waals surface area contributed by atoms with Crippen LogP contribution in [0, 0.1) is 0 Å². The predicted molar refractivity (Wildman–Crippen MR) is 112 cm³/mol. The quantitative estimate of drug-likeness (QED) is 0.651. The van der Waals surface area contributed by atoms with Crippen LogP contribution in [0.3, 0.4) is 0 Å². The van der Waals surface area contributed by atoms with E-state index in [0.717, 1.165) is 0 Å². The molecule has 3 aromatic rings. The number of halogens is 3. The highest BCUT2D eigenvalue weighted by molar-refractivity contribution is 5.81. The third-order valence-electron chi connectivity index (χ3n) is 5.38. The lowest BCUT2D eigenvalue weighted by Crippen LogP contribution is -2.45. The first-order valence-electron chi connectivity index (χ1n) is 9.71. The molecule has 0 aliphatic heterocycles. The molecule has 0 spiro atoms. The average Bonchev–Trinajstić information content (AvgIpc) is 2.79. The third kappa shape index (κ3) is 3.89. The van der Waals surface area contributed by atoms with Crippen LogP contribution in [0.1, 0.15) is 24.1 Å². The van der Waals surface area contributed by atoms with E-state index in [-0.39, 0.29) is 28.8 Å². The van der Waals surface area contributed by atoms with Gasteiger partial charge in [-0.15, -0.1) is 0 Å². The maximum absolute atomic E-state index is 14.9. The summed E-state index contributed by atoms with van der Waals surface area (Å²) >= 11 is 0. The van der Waals surface area contributed by atoms with Crippen molar-refractivity contribution in [3.05, 3.63) is 90.2 Å². The Labute approximate surface area is 181 Å². The first-order chi connectivity index (χ1) is 15.3. The Balaban J connectivity index is 1.89. The van der Waals surface area contributed by atoms with Crippen molar-refractivity contribution in [2.45, 2.75) is 24.4 Å². The number of amides is 1. The van der Waals surface area contributed by atoms with E-state index in [1.807, 2.05) is 0 Å². The lowest BCUT2D eigenvalue weighted by molar-refractivity contribution is -0.174. The molecule has 4 rings (SSSR count). The maximum atomic E-state index is 14.9. The van der Waals surface area contributed by atoms with Gasteiger partial charge in [0.25, 0.3) is 0 Å². The summed E-state index contributed by atoms with van der Waals surface area (Å²) in [4.78, 5) is 19.9. The number of carbonyl (C=O) groups excluding carboxylic acids is 1. The van der Waals surface area contributed by atoms with Gasteiger partial charge in [-0.2, -0.15) is 23.4 Å². The summed E-state index contributed by atoms with van der Waals surface area (Å²) in [5, 5.41) is 7.41. The first kappa shape index (κ1) is 21.4. The van der Waals surface area contributed by atoms with E-state index in [0.29, 0.717) is 11.3 Å². The van der Waals surface area contributed by atoms with E-state index in [9.17, 15) is 18.0 Å². The van der Waals surface area contributed by atoms with E-state index < -0.39 is 23.9 Å². The second kappa shape index (κ2) is 8.33. The molecule has 0 fully saturated rings. The van der Waals surface area contributed by atoms with Crippen molar-refractivity contribution in [2.75, 3.05) is 0 Å².